The van der Waals surface area contributed by atoms with E-state index < -0.39 is 17.7 Å². The van der Waals surface area contributed by atoms with Crippen LogP contribution < -0.4 is 11.1 Å². The summed E-state index contributed by atoms with van der Waals surface area (Å²) < 4.78 is 17.3. The van der Waals surface area contributed by atoms with Gasteiger partial charge < -0.3 is 25.3 Å². The molecule has 0 radical (unpaired) electrons. The van der Waals surface area contributed by atoms with Crippen molar-refractivity contribution >= 4 is 39.4 Å². The maximum absolute atomic E-state index is 12.1. The van der Waals surface area contributed by atoms with Crippen LogP contribution in [0.2, 0.25) is 0 Å². The molecule has 1 aromatic heterocycles. The van der Waals surface area contributed by atoms with Crippen LogP contribution in [0.5, 0.6) is 0 Å². The van der Waals surface area contributed by atoms with E-state index in [1.807, 2.05) is 20.8 Å². The third-order valence-corrected chi connectivity index (χ3v) is 6.70. The van der Waals surface area contributed by atoms with Crippen LogP contribution in [0.15, 0.2) is 11.4 Å². The summed E-state index contributed by atoms with van der Waals surface area (Å²) in [6, 6.07) is -0.553. The average molecular weight is 477 g/mol. The zero-order valence-corrected chi connectivity index (χ0v) is 20.2. The minimum absolute atomic E-state index is 0.156. The molecule has 1 amide bonds. The van der Waals surface area contributed by atoms with Crippen molar-refractivity contribution in [1.82, 2.24) is 14.9 Å². The number of nitrogens with zero attached hydrogens (tertiary/aromatic N) is 3. The molecule has 0 aliphatic carbocycles. The summed E-state index contributed by atoms with van der Waals surface area (Å²) in [6.07, 6.45) is 2.54. The Hall–Kier alpha value is -1.67. The fraction of sp³-hybridized carbons (Fsp3) is 0.722. The smallest absolute Gasteiger partial charge is 0.361 e. The molecule has 176 valence electrons. The highest BCUT2D eigenvalue weighted by Crippen LogP contribution is 2.25. The summed E-state index contributed by atoms with van der Waals surface area (Å²) in [6.45, 7) is 6.53. The normalized spacial score (nSPS) is 13.5. The highest BCUT2D eigenvalue weighted by Gasteiger charge is 2.23. The Bertz CT molecular complexity index is 741. The highest BCUT2D eigenvalue weighted by molar-refractivity contribution is 8.76. The minimum atomic E-state index is -0.735. The summed E-state index contributed by atoms with van der Waals surface area (Å²) in [5.41, 5.74) is 12.2. The first kappa shape index (κ1) is 27.4. The Morgan fingerprint density at radius 1 is 1.26 bits per heavy atom. The van der Waals surface area contributed by atoms with Gasteiger partial charge in [0.2, 0.25) is 0 Å². The number of amides is 1. The molecular weight excluding hydrogens is 444 g/mol. The SMILES string of the molecule is CNC(=O)n1cnc(C(=O)OCCSSCCC(C)(N)OCCC(C)(C)OC)c1N=N. The van der Waals surface area contributed by atoms with Gasteiger partial charge in [-0.3, -0.25) is 0 Å². The second-order valence-corrected chi connectivity index (χ2v) is 10.1. The molecule has 0 saturated carbocycles. The van der Waals surface area contributed by atoms with Crippen molar-refractivity contribution in [2.75, 3.05) is 38.9 Å². The number of hydrogen-bond donors (Lipinski definition) is 3. The number of esters is 1. The van der Waals surface area contributed by atoms with Crippen molar-refractivity contribution in [3.63, 3.8) is 0 Å². The number of methoxy groups -OCH3 is 1. The van der Waals surface area contributed by atoms with Gasteiger partial charge in [0.1, 0.15) is 18.7 Å². The molecule has 4 N–H and O–H groups in total. The van der Waals surface area contributed by atoms with E-state index in [2.05, 4.69) is 15.4 Å². The van der Waals surface area contributed by atoms with Gasteiger partial charge in [0.05, 0.1) is 12.2 Å². The lowest BCUT2D eigenvalue weighted by Gasteiger charge is -2.28. The molecule has 1 aromatic rings. The number of ether oxygens (including phenoxy) is 3. The van der Waals surface area contributed by atoms with Crippen LogP contribution in [-0.4, -0.2) is 71.8 Å². The number of hydrogen-bond acceptors (Lipinski definition) is 11. The number of imidazole rings is 1. The number of carbonyl (C=O) groups is 2. The molecule has 1 heterocycles. The molecule has 13 heteroatoms. The molecule has 1 unspecified atom stereocenters. The van der Waals surface area contributed by atoms with Crippen molar-refractivity contribution in [3.8, 4) is 0 Å². The standard InChI is InChI=1S/C18H32N6O5S2/c1-17(2,27-5)6-8-29-18(3,19)7-10-30-31-11-9-28-15(25)13-14(23-20)24(12-22-13)16(26)21-4/h12,20H,6-11,19H2,1-5H3,(H,21,26). The van der Waals surface area contributed by atoms with Gasteiger partial charge in [0.25, 0.3) is 0 Å². The lowest BCUT2D eigenvalue weighted by molar-refractivity contribution is -0.0644. The molecule has 0 aliphatic heterocycles. The van der Waals surface area contributed by atoms with Crippen LogP contribution in [0.1, 0.15) is 44.1 Å². The predicted octanol–water partition coefficient (Wildman–Crippen LogP) is 3.17. The van der Waals surface area contributed by atoms with E-state index in [9.17, 15) is 9.59 Å². The third-order valence-electron chi connectivity index (χ3n) is 4.33. The lowest BCUT2D eigenvalue weighted by atomic mass is 10.1. The molecule has 11 nitrogen and oxygen atoms in total. The zero-order valence-electron chi connectivity index (χ0n) is 18.6. The Morgan fingerprint density at radius 3 is 2.55 bits per heavy atom. The van der Waals surface area contributed by atoms with Gasteiger partial charge in [-0.2, -0.15) is 0 Å². The molecule has 0 spiro atoms. The van der Waals surface area contributed by atoms with Crippen LogP contribution in [0, 0.1) is 5.53 Å². The number of aromatic nitrogens is 2. The maximum atomic E-state index is 12.1. The van der Waals surface area contributed by atoms with Crippen molar-refractivity contribution < 1.29 is 23.8 Å². The Morgan fingerprint density at radius 2 is 1.94 bits per heavy atom. The van der Waals surface area contributed by atoms with Crippen molar-refractivity contribution in [2.45, 2.75) is 44.9 Å². The maximum Gasteiger partial charge on any atom is 0.361 e. The van der Waals surface area contributed by atoms with Gasteiger partial charge in [-0.05, 0) is 33.6 Å². The van der Waals surface area contributed by atoms with Crippen molar-refractivity contribution in [3.05, 3.63) is 12.0 Å². The summed E-state index contributed by atoms with van der Waals surface area (Å²) in [7, 11) is 6.25. The predicted molar refractivity (Wildman–Crippen MR) is 121 cm³/mol. The summed E-state index contributed by atoms with van der Waals surface area (Å²) in [5, 5.41) is 5.57. The van der Waals surface area contributed by atoms with Gasteiger partial charge in [0, 0.05) is 25.7 Å². The highest BCUT2D eigenvalue weighted by atomic mass is 33.1. The van der Waals surface area contributed by atoms with Crippen LogP contribution in [0.3, 0.4) is 0 Å². The van der Waals surface area contributed by atoms with E-state index in [0.717, 1.165) is 23.1 Å². The van der Waals surface area contributed by atoms with E-state index in [1.54, 1.807) is 28.7 Å². The van der Waals surface area contributed by atoms with Gasteiger partial charge in [-0.1, -0.05) is 21.6 Å². The van der Waals surface area contributed by atoms with E-state index in [1.165, 1.54) is 7.05 Å². The molecule has 0 bridgehead atoms. The number of nitrogens with one attached hydrogen (secondary N) is 2. The molecule has 1 atom stereocenters. The number of rotatable bonds is 14. The Balaban J connectivity index is 2.26. The minimum Gasteiger partial charge on any atom is -0.460 e. The van der Waals surface area contributed by atoms with Gasteiger partial charge in [-0.25, -0.2) is 24.7 Å². The molecular formula is C18H32N6O5S2. The van der Waals surface area contributed by atoms with E-state index in [-0.39, 0.29) is 23.7 Å². The van der Waals surface area contributed by atoms with Gasteiger partial charge in [-0.15, -0.1) is 5.11 Å². The number of carbonyl (C=O) groups excluding carboxylic acids is 2. The lowest BCUT2D eigenvalue weighted by Crippen LogP contribution is -2.41. The van der Waals surface area contributed by atoms with E-state index >= 15 is 0 Å². The fourth-order valence-electron chi connectivity index (χ4n) is 2.16. The van der Waals surface area contributed by atoms with Crippen LogP contribution in [0.4, 0.5) is 10.6 Å². The summed E-state index contributed by atoms with van der Waals surface area (Å²) >= 11 is 0. The molecule has 31 heavy (non-hydrogen) atoms. The average Bonchev–Trinajstić information content (AvgIpc) is 3.16. The zero-order chi connectivity index (χ0) is 23.5. The quantitative estimate of drug-likeness (QED) is 0.121. The van der Waals surface area contributed by atoms with Crippen LogP contribution >= 0.6 is 21.6 Å². The summed E-state index contributed by atoms with van der Waals surface area (Å²) in [4.78, 5) is 27.6. The van der Waals surface area contributed by atoms with Crippen molar-refractivity contribution in [1.29, 1.82) is 5.53 Å². The van der Waals surface area contributed by atoms with Crippen molar-refractivity contribution in [2.24, 2.45) is 10.8 Å². The Labute approximate surface area is 190 Å². The topological polar surface area (TPSA) is 154 Å². The third kappa shape index (κ3) is 9.56. The van der Waals surface area contributed by atoms with Gasteiger partial charge >= 0.3 is 12.0 Å². The fourth-order valence-corrected chi connectivity index (χ4v) is 4.20. The first-order chi connectivity index (χ1) is 14.6. The molecule has 0 fully saturated rings. The molecule has 1 rings (SSSR count). The summed E-state index contributed by atoms with van der Waals surface area (Å²) in [5.74, 6) is 0.422. The second kappa shape index (κ2) is 13.0. The number of nitrogens with two attached hydrogens (primary N) is 1. The second-order valence-electron chi connectivity index (χ2n) is 7.36. The first-order valence-electron chi connectivity index (χ1n) is 9.63. The van der Waals surface area contributed by atoms with Crippen LogP contribution in [0.25, 0.3) is 0 Å². The van der Waals surface area contributed by atoms with Crippen LogP contribution in [-0.2, 0) is 14.2 Å². The largest absolute Gasteiger partial charge is 0.460 e. The molecule has 0 aliphatic rings. The van der Waals surface area contributed by atoms with Gasteiger partial charge in [0.15, 0.2) is 11.5 Å². The van der Waals surface area contributed by atoms with E-state index in [4.69, 9.17) is 25.5 Å². The molecule has 0 aromatic carbocycles. The van der Waals surface area contributed by atoms with E-state index in [0.29, 0.717) is 18.8 Å². The monoisotopic (exact) mass is 476 g/mol. The first-order valence-corrected chi connectivity index (χ1v) is 12.1. The molecule has 0 saturated heterocycles. The Kier molecular flexibility index (Phi) is 11.5.